The molecule has 1 unspecified atom stereocenters. The molecule has 1 aliphatic heterocycles. The van der Waals surface area contributed by atoms with Gasteiger partial charge in [0, 0.05) is 6.08 Å². The first-order valence-corrected chi connectivity index (χ1v) is 8.17. The van der Waals surface area contributed by atoms with E-state index in [0.29, 0.717) is 28.9 Å². The van der Waals surface area contributed by atoms with E-state index in [4.69, 9.17) is 32.7 Å². The van der Waals surface area contributed by atoms with Gasteiger partial charge in [-0.1, -0.05) is 41.4 Å². The molecule has 6 heteroatoms. The molecule has 0 radical (unpaired) electrons. The molecule has 1 atom stereocenters. The third-order valence-corrected chi connectivity index (χ3v) is 4.18. The van der Waals surface area contributed by atoms with Gasteiger partial charge in [0.2, 0.25) is 5.91 Å². The van der Waals surface area contributed by atoms with E-state index < -0.39 is 0 Å². The van der Waals surface area contributed by atoms with Gasteiger partial charge >= 0.3 is 0 Å². The van der Waals surface area contributed by atoms with Crippen molar-refractivity contribution >= 4 is 35.2 Å². The van der Waals surface area contributed by atoms with Crippen LogP contribution in [0.3, 0.4) is 0 Å². The van der Waals surface area contributed by atoms with Crippen molar-refractivity contribution in [2.24, 2.45) is 0 Å². The highest BCUT2D eigenvalue weighted by Gasteiger charge is 2.20. The Hall–Kier alpha value is -2.17. The van der Waals surface area contributed by atoms with E-state index in [1.165, 1.54) is 6.08 Å². The Balaban J connectivity index is 1.51. The highest BCUT2D eigenvalue weighted by molar-refractivity contribution is 6.42. The normalized spacial score (nSPS) is 16.2. The minimum absolute atomic E-state index is 0.219. The summed E-state index contributed by atoms with van der Waals surface area (Å²) in [5.74, 6) is 1.19. The zero-order chi connectivity index (χ0) is 16.9. The smallest absolute Gasteiger partial charge is 0.244 e. The van der Waals surface area contributed by atoms with Crippen LogP contribution in [-0.4, -0.2) is 25.2 Å². The summed E-state index contributed by atoms with van der Waals surface area (Å²) in [7, 11) is 0. The van der Waals surface area contributed by atoms with Gasteiger partial charge in [-0.2, -0.15) is 0 Å². The molecule has 0 saturated carbocycles. The Kier molecular flexibility index (Phi) is 5.28. The second-order valence-electron chi connectivity index (χ2n) is 5.25. The largest absolute Gasteiger partial charge is 0.486 e. The van der Waals surface area contributed by atoms with Gasteiger partial charge in [0.1, 0.15) is 12.7 Å². The maximum absolute atomic E-state index is 11.9. The second-order valence-corrected chi connectivity index (χ2v) is 6.06. The molecule has 1 amide bonds. The summed E-state index contributed by atoms with van der Waals surface area (Å²) in [4.78, 5) is 11.9. The number of benzene rings is 2. The molecule has 1 aliphatic rings. The van der Waals surface area contributed by atoms with Crippen LogP contribution in [0.4, 0.5) is 0 Å². The lowest BCUT2D eigenvalue weighted by Gasteiger charge is -2.26. The van der Waals surface area contributed by atoms with Crippen molar-refractivity contribution in [3.8, 4) is 11.5 Å². The van der Waals surface area contributed by atoms with Crippen LogP contribution in [0.2, 0.25) is 10.0 Å². The van der Waals surface area contributed by atoms with E-state index in [1.807, 2.05) is 24.3 Å². The van der Waals surface area contributed by atoms with Crippen LogP contribution in [-0.2, 0) is 4.79 Å². The molecule has 1 heterocycles. The number of carbonyl (C=O) groups is 1. The maximum atomic E-state index is 11.9. The first-order valence-electron chi connectivity index (χ1n) is 7.41. The van der Waals surface area contributed by atoms with Crippen molar-refractivity contribution in [1.82, 2.24) is 5.32 Å². The molecule has 4 nitrogen and oxygen atoms in total. The van der Waals surface area contributed by atoms with E-state index in [-0.39, 0.29) is 12.0 Å². The van der Waals surface area contributed by atoms with Gasteiger partial charge < -0.3 is 14.8 Å². The summed E-state index contributed by atoms with van der Waals surface area (Å²) in [6.07, 6.45) is 2.89. The number of nitrogens with one attached hydrogen (secondary N) is 1. The van der Waals surface area contributed by atoms with Crippen LogP contribution in [0.5, 0.6) is 11.5 Å². The van der Waals surface area contributed by atoms with Gasteiger partial charge in [-0.3, -0.25) is 4.79 Å². The SMILES string of the molecule is O=C(/C=C/c1ccc(Cl)c(Cl)c1)NCC1COc2ccccc2O1. The third-order valence-electron chi connectivity index (χ3n) is 3.44. The van der Waals surface area contributed by atoms with Crippen LogP contribution in [0.15, 0.2) is 48.5 Å². The number of rotatable bonds is 4. The fourth-order valence-corrected chi connectivity index (χ4v) is 2.53. The minimum atomic E-state index is -0.220. The van der Waals surface area contributed by atoms with Crippen molar-refractivity contribution < 1.29 is 14.3 Å². The summed E-state index contributed by atoms with van der Waals surface area (Å²) < 4.78 is 11.4. The molecule has 0 spiro atoms. The Morgan fingerprint density at radius 3 is 2.75 bits per heavy atom. The Bertz CT molecular complexity index is 777. The first kappa shape index (κ1) is 16.7. The van der Waals surface area contributed by atoms with Crippen LogP contribution in [0.25, 0.3) is 6.08 Å². The number of hydrogen-bond acceptors (Lipinski definition) is 3. The molecular formula is C18H15Cl2NO3. The molecule has 3 rings (SSSR count). The number of halogens is 2. The molecule has 0 bridgehead atoms. The number of carbonyl (C=O) groups excluding carboxylic acids is 1. The Morgan fingerprint density at radius 2 is 1.96 bits per heavy atom. The summed E-state index contributed by atoms with van der Waals surface area (Å²) in [5.41, 5.74) is 0.797. The lowest BCUT2D eigenvalue weighted by molar-refractivity contribution is -0.116. The van der Waals surface area contributed by atoms with E-state index in [0.717, 1.165) is 11.3 Å². The van der Waals surface area contributed by atoms with Gasteiger partial charge in [0.15, 0.2) is 11.5 Å². The molecule has 0 saturated heterocycles. The fraction of sp³-hybridized carbons (Fsp3) is 0.167. The zero-order valence-corrected chi connectivity index (χ0v) is 14.2. The van der Waals surface area contributed by atoms with Crippen LogP contribution < -0.4 is 14.8 Å². The highest BCUT2D eigenvalue weighted by Crippen LogP contribution is 2.30. The Labute approximate surface area is 150 Å². The summed E-state index contributed by atoms with van der Waals surface area (Å²) >= 11 is 11.8. The van der Waals surface area contributed by atoms with E-state index in [2.05, 4.69) is 5.32 Å². The minimum Gasteiger partial charge on any atom is -0.486 e. The van der Waals surface area contributed by atoms with Crippen LogP contribution >= 0.6 is 23.2 Å². The van der Waals surface area contributed by atoms with Crippen molar-refractivity contribution in [2.75, 3.05) is 13.2 Å². The molecule has 124 valence electrons. The van der Waals surface area contributed by atoms with E-state index in [1.54, 1.807) is 24.3 Å². The Morgan fingerprint density at radius 1 is 1.17 bits per heavy atom. The third kappa shape index (κ3) is 4.22. The maximum Gasteiger partial charge on any atom is 0.244 e. The average Bonchev–Trinajstić information content (AvgIpc) is 2.60. The summed E-state index contributed by atoms with van der Waals surface area (Å²) in [6.45, 7) is 0.757. The fourth-order valence-electron chi connectivity index (χ4n) is 2.22. The predicted octanol–water partition coefficient (Wildman–Crippen LogP) is 3.96. The molecule has 0 aliphatic carbocycles. The van der Waals surface area contributed by atoms with Crippen molar-refractivity contribution in [1.29, 1.82) is 0 Å². The van der Waals surface area contributed by atoms with Crippen molar-refractivity contribution in [3.63, 3.8) is 0 Å². The second kappa shape index (κ2) is 7.60. The van der Waals surface area contributed by atoms with Gasteiger partial charge in [-0.05, 0) is 35.9 Å². The number of amides is 1. The topological polar surface area (TPSA) is 47.6 Å². The number of fused-ring (bicyclic) bond motifs is 1. The van der Waals surface area contributed by atoms with Gasteiger partial charge in [-0.15, -0.1) is 0 Å². The molecule has 0 fully saturated rings. The van der Waals surface area contributed by atoms with Gasteiger partial charge in [0.05, 0.1) is 16.6 Å². The zero-order valence-electron chi connectivity index (χ0n) is 12.7. The van der Waals surface area contributed by atoms with Crippen LogP contribution in [0.1, 0.15) is 5.56 Å². The lowest BCUT2D eigenvalue weighted by Crippen LogP contribution is -2.40. The highest BCUT2D eigenvalue weighted by atomic mass is 35.5. The number of ether oxygens (including phenoxy) is 2. The number of para-hydroxylation sites is 2. The van der Waals surface area contributed by atoms with E-state index in [9.17, 15) is 4.79 Å². The van der Waals surface area contributed by atoms with Crippen molar-refractivity contribution in [3.05, 3.63) is 64.1 Å². The van der Waals surface area contributed by atoms with E-state index >= 15 is 0 Å². The van der Waals surface area contributed by atoms with Crippen LogP contribution in [0, 0.1) is 0 Å². The molecule has 1 N–H and O–H groups in total. The van der Waals surface area contributed by atoms with Crippen molar-refractivity contribution in [2.45, 2.75) is 6.10 Å². The average molecular weight is 364 g/mol. The number of hydrogen-bond donors (Lipinski definition) is 1. The molecule has 0 aromatic heterocycles. The predicted molar refractivity (Wildman–Crippen MR) is 94.9 cm³/mol. The lowest BCUT2D eigenvalue weighted by atomic mass is 10.2. The molecule has 24 heavy (non-hydrogen) atoms. The molecule has 2 aromatic rings. The quantitative estimate of drug-likeness (QED) is 0.836. The molecule has 2 aromatic carbocycles. The monoisotopic (exact) mass is 363 g/mol. The summed E-state index contributed by atoms with van der Waals surface area (Å²) in [6, 6.07) is 12.6. The standard InChI is InChI=1S/C18H15Cl2NO3/c19-14-7-5-12(9-15(14)20)6-8-18(22)21-10-13-11-23-16-3-1-2-4-17(16)24-13/h1-9,13H,10-11H2,(H,21,22)/b8-6+. The van der Waals surface area contributed by atoms with Gasteiger partial charge in [0.25, 0.3) is 0 Å². The molecular weight excluding hydrogens is 349 g/mol. The van der Waals surface area contributed by atoms with Gasteiger partial charge in [-0.25, -0.2) is 0 Å². The summed E-state index contributed by atoms with van der Waals surface area (Å²) in [5, 5.41) is 3.72. The first-order chi connectivity index (χ1) is 11.6.